The van der Waals surface area contributed by atoms with Crippen molar-refractivity contribution in [2.75, 3.05) is 33.3 Å². The van der Waals surface area contributed by atoms with Gasteiger partial charge >= 0.3 is 0 Å². The van der Waals surface area contributed by atoms with Crippen LogP contribution >= 0.6 is 0 Å². The smallest absolute Gasteiger partial charge is 0.290 e. The Morgan fingerprint density at radius 2 is 1.72 bits per heavy atom. The number of carbonyl (C=O) groups is 1. The number of ether oxygens (including phenoxy) is 1. The lowest BCUT2D eigenvalue weighted by molar-refractivity contribution is -0.122. The number of methoxy groups -OCH3 is 1. The maximum Gasteiger partial charge on any atom is 0.290 e. The molecule has 1 fully saturated rings. The Balaban J connectivity index is 0.000000941. The van der Waals surface area contributed by atoms with E-state index in [9.17, 15) is 12.8 Å². The van der Waals surface area contributed by atoms with Crippen molar-refractivity contribution in [3.63, 3.8) is 0 Å². The highest BCUT2D eigenvalue weighted by Crippen LogP contribution is 2.30. The van der Waals surface area contributed by atoms with Crippen molar-refractivity contribution in [1.29, 1.82) is 0 Å². The van der Waals surface area contributed by atoms with Crippen LogP contribution in [0, 0.1) is 5.82 Å². The predicted octanol–water partition coefficient (Wildman–Crippen LogP) is 1.52. The summed E-state index contributed by atoms with van der Waals surface area (Å²) in [6, 6.07) is 12.3. The van der Waals surface area contributed by atoms with E-state index >= 15 is 0 Å². The number of benzene rings is 2. The molecular weight excluding hydrogens is 401 g/mol. The molecule has 158 valence electrons. The summed E-state index contributed by atoms with van der Waals surface area (Å²) >= 11 is 0. The lowest BCUT2D eigenvalue weighted by atomic mass is 10.0. The molecule has 0 spiro atoms. The van der Waals surface area contributed by atoms with Crippen LogP contribution in [0.4, 0.5) is 4.39 Å². The monoisotopic (exact) mass is 425 g/mol. The molecule has 3 rings (SSSR count). The lowest BCUT2D eigenvalue weighted by Gasteiger charge is -2.32. The van der Waals surface area contributed by atoms with Crippen molar-refractivity contribution in [2.45, 2.75) is 6.54 Å². The summed E-state index contributed by atoms with van der Waals surface area (Å²) in [4.78, 5) is 10.5. The molecule has 8 nitrogen and oxygen atoms in total. The molecule has 1 heterocycles. The van der Waals surface area contributed by atoms with E-state index in [2.05, 4.69) is 4.90 Å². The van der Waals surface area contributed by atoms with Gasteiger partial charge in [0.2, 0.25) is 0 Å². The highest BCUT2D eigenvalue weighted by Gasteiger charge is 2.23. The van der Waals surface area contributed by atoms with E-state index in [1.54, 1.807) is 13.2 Å². The minimum atomic E-state index is -3.60. The molecule has 1 saturated heterocycles. The standard InChI is InChI=1S/C18H22FN3O3S.CH2O2/c1-25-18-7-6-16(19)12-17(18)15-4-2-14(3-5-15)13-21-8-10-22(11-9-21)26(20,23)24;2-1-3/h2-7,12H,8-11,13H2,1H3,(H2,20,23,24);1H,(H,2,3). The Kier molecular flexibility index (Phi) is 8.09. The highest BCUT2D eigenvalue weighted by molar-refractivity contribution is 7.86. The zero-order chi connectivity index (χ0) is 21.4. The molecule has 1 aliphatic rings. The number of halogens is 1. The lowest BCUT2D eigenvalue weighted by Crippen LogP contribution is -2.50. The number of rotatable bonds is 5. The SMILES string of the molecule is COc1ccc(F)cc1-c1ccc(CN2CCN(S(N)(=O)=O)CC2)cc1.O=CO. The minimum absolute atomic E-state index is 0.250. The fraction of sp³-hybridized carbons (Fsp3) is 0.316. The van der Waals surface area contributed by atoms with Crippen LogP contribution < -0.4 is 9.88 Å². The molecule has 0 amide bonds. The zero-order valence-electron chi connectivity index (χ0n) is 16.0. The first-order valence-electron chi connectivity index (χ1n) is 8.79. The van der Waals surface area contributed by atoms with Gasteiger partial charge in [-0.15, -0.1) is 0 Å². The predicted molar refractivity (Wildman–Crippen MR) is 107 cm³/mol. The van der Waals surface area contributed by atoms with Gasteiger partial charge in [0.25, 0.3) is 16.7 Å². The topological polar surface area (TPSA) is 113 Å². The van der Waals surface area contributed by atoms with E-state index in [1.165, 1.54) is 16.4 Å². The Morgan fingerprint density at radius 3 is 2.24 bits per heavy atom. The fourth-order valence-electron chi connectivity index (χ4n) is 3.10. The summed E-state index contributed by atoms with van der Waals surface area (Å²) in [5, 5.41) is 12.0. The van der Waals surface area contributed by atoms with Gasteiger partial charge in [-0.1, -0.05) is 24.3 Å². The van der Waals surface area contributed by atoms with Gasteiger partial charge in [-0.3, -0.25) is 9.69 Å². The third-order valence-corrected chi connectivity index (χ3v) is 5.61. The van der Waals surface area contributed by atoms with Crippen LogP contribution in [0.2, 0.25) is 0 Å². The largest absolute Gasteiger partial charge is 0.496 e. The van der Waals surface area contributed by atoms with E-state index in [4.69, 9.17) is 19.8 Å². The summed E-state index contributed by atoms with van der Waals surface area (Å²) in [7, 11) is -2.04. The molecule has 3 N–H and O–H groups in total. The normalized spacial score (nSPS) is 15.3. The number of piperazine rings is 1. The number of nitrogens with two attached hydrogens (primary N) is 1. The maximum atomic E-state index is 13.6. The van der Waals surface area contributed by atoms with Gasteiger partial charge in [0, 0.05) is 38.3 Å². The second kappa shape index (κ2) is 10.3. The molecule has 0 aliphatic carbocycles. The van der Waals surface area contributed by atoms with Gasteiger partial charge in [-0.25, -0.2) is 9.53 Å². The third-order valence-electron chi connectivity index (χ3n) is 4.52. The molecule has 10 heteroatoms. The Labute approximate surface area is 169 Å². The summed E-state index contributed by atoms with van der Waals surface area (Å²) in [6.45, 7) is 2.54. The average molecular weight is 425 g/mol. The molecule has 0 bridgehead atoms. The van der Waals surface area contributed by atoms with Gasteiger partial charge in [0.05, 0.1) is 7.11 Å². The first-order valence-corrected chi connectivity index (χ1v) is 10.3. The first kappa shape index (κ1) is 22.8. The molecule has 0 radical (unpaired) electrons. The van der Waals surface area contributed by atoms with Crippen molar-refractivity contribution >= 4 is 16.7 Å². The summed E-state index contributed by atoms with van der Waals surface area (Å²) in [6.07, 6.45) is 0. The molecule has 0 aromatic heterocycles. The zero-order valence-corrected chi connectivity index (χ0v) is 16.8. The van der Waals surface area contributed by atoms with Crippen LogP contribution in [0.3, 0.4) is 0 Å². The van der Waals surface area contributed by atoms with Crippen molar-refractivity contribution < 1.29 is 27.4 Å². The number of carboxylic acid groups (broad SMARTS) is 1. The van der Waals surface area contributed by atoms with Crippen LogP contribution in [0.1, 0.15) is 5.56 Å². The van der Waals surface area contributed by atoms with Crippen LogP contribution in [0.15, 0.2) is 42.5 Å². The van der Waals surface area contributed by atoms with Crippen molar-refractivity contribution in [2.24, 2.45) is 5.14 Å². The van der Waals surface area contributed by atoms with E-state index in [0.29, 0.717) is 37.5 Å². The summed E-state index contributed by atoms with van der Waals surface area (Å²) in [5.74, 6) is 0.316. The van der Waals surface area contributed by atoms with E-state index < -0.39 is 10.2 Å². The highest BCUT2D eigenvalue weighted by atomic mass is 32.2. The van der Waals surface area contributed by atoms with Gasteiger partial charge in [0.1, 0.15) is 11.6 Å². The Bertz CT molecular complexity index is 914. The number of hydrogen-bond donors (Lipinski definition) is 2. The summed E-state index contributed by atoms with van der Waals surface area (Å²) < 4.78 is 42.9. The van der Waals surface area contributed by atoms with E-state index in [-0.39, 0.29) is 12.3 Å². The molecule has 0 atom stereocenters. The molecule has 2 aromatic carbocycles. The first-order chi connectivity index (χ1) is 13.8. The third kappa shape index (κ3) is 6.50. The van der Waals surface area contributed by atoms with Crippen LogP contribution in [-0.4, -0.2) is 62.5 Å². The summed E-state index contributed by atoms with van der Waals surface area (Å²) in [5.41, 5.74) is 2.69. The fourth-order valence-corrected chi connectivity index (χ4v) is 3.77. The average Bonchev–Trinajstić information content (AvgIpc) is 2.69. The Hall–Kier alpha value is -2.53. The van der Waals surface area contributed by atoms with Crippen molar-refractivity contribution in [3.8, 4) is 16.9 Å². The quantitative estimate of drug-likeness (QED) is 0.703. The number of nitrogens with zero attached hydrogens (tertiary/aromatic N) is 2. The van der Waals surface area contributed by atoms with Gasteiger partial charge in [0.15, 0.2) is 0 Å². The second-order valence-electron chi connectivity index (χ2n) is 6.37. The van der Waals surface area contributed by atoms with Gasteiger partial charge in [-0.05, 0) is 29.3 Å². The minimum Gasteiger partial charge on any atom is -0.496 e. The number of hydrogen-bond acceptors (Lipinski definition) is 5. The Morgan fingerprint density at radius 1 is 1.14 bits per heavy atom. The second-order valence-corrected chi connectivity index (χ2v) is 7.91. The molecular formula is C19H24FN3O5S. The molecule has 1 aliphatic heterocycles. The molecule has 0 saturated carbocycles. The van der Waals surface area contributed by atoms with Crippen LogP contribution in [0.25, 0.3) is 11.1 Å². The molecule has 2 aromatic rings. The maximum absolute atomic E-state index is 13.6. The molecule has 0 unspecified atom stereocenters. The van der Waals surface area contributed by atoms with Crippen LogP contribution in [-0.2, 0) is 21.5 Å². The van der Waals surface area contributed by atoms with E-state index in [1.807, 2.05) is 24.3 Å². The molecule has 29 heavy (non-hydrogen) atoms. The van der Waals surface area contributed by atoms with Gasteiger partial charge < -0.3 is 9.84 Å². The van der Waals surface area contributed by atoms with E-state index in [0.717, 1.165) is 17.7 Å². The van der Waals surface area contributed by atoms with Crippen LogP contribution in [0.5, 0.6) is 5.75 Å². The van der Waals surface area contributed by atoms with Crippen molar-refractivity contribution in [3.05, 3.63) is 53.8 Å². The van der Waals surface area contributed by atoms with Gasteiger partial charge in [-0.2, -0.15) is 12.7 Å². The van der Waals surface area contributed by atoms with Crippen molar-refractivity contribution in [1.82, 2.24) is 9.21 Å².